The summed E-state index contributed by atoms with van der Waals surface area (Å²) in [5, 5.41) is 15.7. The minimum Gasteiger partial charge on any atom is -0.468 e. The van der Waals surface area contributed by atoms with Gasteiger partial charge in [0, 0.05) is 11.6 Å². The maximum atomic E-state index is 11.4. The van der Waals surface area contributed by atoms with Crippen LogP contribution in [0.25, 0.3) is 0 Å². The average Bonchev–Trinajstić information content (AvgIpc) is 2.83. The summed E-state index contributed by atoms with van der Waals surface area (Å²) in [6.07, 6.45) is 0. The van der Waals surface area contributed by atoms with E-state index in [4.69, 9.17) is 46.4 Å². The van der Waals surface area contributed by atoms with Crippen molar-refractivity contribution in [1.82, 2.24) is 29.8 Å². The number of methoxy groups -OCH3 is 2. The van der Waals surface area contributed by atoms with E-state index in [1.807, 2.05) is 6.92 Å². The molecule has 0 aliphatic rings. The van der Waals surface area contributed by atoms with Gasteiger partial charge >= 0.3 is 11.9 Å². The molecule has 16 heteroatoms. The van der Waals surface area contributed by atoms with Gasteiger partial charge in [0.15, 0.2) is 15.5 Å². The number of hydrogen-bond acceptors (Lipinski definition) is 10. The molecule has 0 saturated heterocycles. The highest BCUT2D eigenvalue weighted by Crippen LogP contribution is 2.12. The summed E-state index contributed by atoms with van der Waals surface area (Å²) < 4.78 is 10.7. The second kappa shape index (κ2) is 15.3. The zero-order valence-corrected chi connectivity index (χ0v) is 23.3. The Bertz CT molecular complexity index is 1380. The van der Waals surface area contributed by atoms with Crippen molar-refractivity contribution in [3.63, 3.8) is 0 Å². The molecule has 0 bridgehead atoms. The normalized spacial score (nSPS) is 9.86. The molecule has 200 valence electrons. The average molecular weight is 596 g/mol. The topological polar surface area (TPSA) is 148 Å². The van der Waals surface area contributed by atoms with E-state index >= 15 is 0 Å². The quantitative estimate of drug-likeness (QED) is 0.412. The van der Waals surface area contributed by atoms with Gasteiger partial charge in [-0.15, -0.1) is 10.2 Å². The molecule has 3 heterocycles. The lowest BCUT2D eigenvalue weighted by Gasteiger charge is -2.03. The molecular weight excluding hydrogens is 574 g/mol. The second-order valence-corrected chi connectivity index (χ2v) is 8.51. The number of ether oxygens (including phenoxy) is 2. The summed E-state index contributed by atoms with van der Waals surface area (Å²) >= 11 is 22.3. The molecule has 0 amide bonds. The van der Waals surface area contributed by atoms with E-state index in [0.29, 0.717) is 21.4 Å². The van der Waals surface area contributed by atoms with Crippen LogP contribution in [0.5, 0.6) is 0 Å². The van der Waals surface area contributed by atoms with Gasteiger partial charge in [0.05, 0.1) is 14.2 Å². The van der Waals surface area contributed by atoms with Crippen LogP contribution in [0, 0.1) is 20.8 Å². The Morgan fingerprint density at radius 3 is 1.76 bits per heavy atom. The molecule has 3 rings (SSSR count). The molecule has 37 heavy (non-hydrogen) atoms. The Morgan fingerprint density at radius 1 is 0.730 bits per heavy atom. The molecule has 0 aliphatic heterocycles. The fourth-order valence-corrected chi connectivity index (χ4v) is 2.91. The van der Waals surface area contributed by atoms with Crippen molar-refractivity contribution in [1.29, 1.82) is 0 Å². The van der Waals surface area contributed by atoms with Crippen LogP contribution in [0.3, 0.4) is 0 Å². The minimum absolute atomic E-state index is 0.172. The third-order valence-electron chi connectivity index (χ3n) is 4.16. The van der Waals surface area contributed by atoms with Crippen molar-refractivity contribution in [2.45, 2.75) is 33.9 Å². The molecule has 0 aromatic carbocycles. The lowest BCUT2D eigenvalue weighted by molar-refractivity contribution is -0.142. The van der Waals surface area contributed by atoms with Crippen LogP contribution in [-0.4, -0.2) is 55.9 Å². The number of carbonyl (C=O) groups is 2. The first kappa shape index (κ1) is 32.0. The van der Waals surface area contributed by atoms with Crippen LogP contribution in [-0.2, 0) is 32.2 Å². The molecular formula is C21H22Cl4N6O6. The van der Waals surface area contributed by atoms with Crippen LogP contribution in [0.15, 0.2) is 27.8 Å². The summed E-state index contributed by atoms with van der Waals surface area (Å²) in [6, 6.07) is 4.42. The van der Waals surface area contributed by atoms with E-state index < -0.39 is 11.9 Å². The summed E-state index contributed by atoms with van der Waals surface area (Å²) in [5.74, 6) is -1.08. The fourth-order valence-electron chi connectivity index (χ4n) is 2.22. The van der Waals surface area contributed by atoms with E-state index in [1.54, 1.807) is 19.9 Å². The SMILES string of the molecule is COC(=O)Cn1nc(Cl)c(C)cc1=O.COC(=O)Cn1nc(Cl)cc(C)c1=O.Cc1cc(Cl)nnc1Cl. The van der Waals surface area contributed by atoms with Crippen LogP contribution in [0.1, 0.15) is 16.7 Å². The number of aromatic nitrogens is 6. The van der Waals surface area contributed by atoms with E-state index in [-0.39, 0.29) is 34.5 Å². The van der Waals surface area contributed by atoms with E-state index in [9.17, 15) is 19.2 Å². The monoisotopic (exact) mass is 594 g/mol. The van der Waals surface area contributed by atoms with Crippen LogP contribution in [0.4, 0.5) is 0 Å². The largest absolute Gasteiger partial charge is 0.468 e. The van der Waals surface area contributed by atoms with Gasteiger partial charge < -0.3 is 9.47 Å². The summed E-state index contributed by atoms with van der Waals surface area (Å²) in [5.41, 5.74) is 1.14. The Kier molecular flexibility index (Phi) is 13.2. The maximum absolute atomic E-state index is 11.4. The van der Waals surface area contributed by atoms with E-state index in [1.165, 1.54) is 26.4 Å². The van der Waals surface area contributed by atoms with Crippen molar-refractivity contribution in [3.05, 3.63) is 76.2 Å². The molecule has 3 aromatic rings. The number of carbonyl (C=O) groups excluding carboxylic acids is 2. The van der Waals surface area contributed by atoms with Crippen molar-refractivity contribution in [3.8, 4) is 0 Å². The van der Waals surface area contributed by atoms with Crippen LogP contribution < -0.4 is 11.1 Å². The van der Waals surface area contributed by atoms with Gasteiger partial charge in [-0.05, 0) is 44.0 Å². The Labute approximate surface area is 231 Å². The predicted octanol–water partition coefficient (Wildman–Crippen LogP) is 2.85. The van der Waals surface area contributed by atoms with Gasteiger partial charge in [-0.3, -0.25) is 19.2 Å². The van der Waals surface area contributed by atoms with Gasteiger partial charge in [-0.25, -0.2) is 9.36 Å². The number of halogens is 4. The number of aryl methyl sites for hydroxylation is 3. The van der Waals surface area contributed by atoms with Crippen LogP contribution in [0.2, 0.25) is 20.6 Å². The third-order valence-corrected chi connectivity index (χ3v) is 5.28. The van der Waals surface area contributed by atoms with Crippen LogP contribution >= 0.6 is 46.4 Å². The van der Waals surface area contributed by atoms with E-state index in [0.717, 1.165) is 14.9 Å². The molecule has 0 N–H and O–H groups in total. The van der Waals surface area contributed by atoms with Crippen molar-refractivity contribution < 1.29 is 19.1 Å². The standard InChI is InChI=1S/2C8H9ClN2O3.C5H4Cl2N2/c1-5-3-6(12)11(10-8(5)9)4-7(13)14-2;1-5-3-6(9)10-11(8(5)13)4-7(12)14-2;1-3-2-4(6)8-9-5(3)7/h2*3H,4H2,1-2H3;2H,1H3. The molecule has 0 spiro atoms. The maximum Gasteiger partial charge on any atom is 0.327 e. The lowest BCUT2D eigenvalue weighted by Crippen LogP contribution is -2.28. The molecule has 3 aromatic heterocycles. The van der Waals surface area contributed by atoms with E-state index in [2.05, 4.69) is 29.9 Å². The van der Waals surface area contributed by atoms with Crippen molar-refractivity contribution in [2.75, 3.05) is 14.2 Å². The Hall–Kier alpha value is -3.06. The molecule has 0 fully saturated rings. The first-order valence-corrected chi connectivity index (χ1v) is 11.6. The van der Waals surface area contributed by atoms with Crippen molar-refractivity contribution in [2.24, 2.45) is 0 Å². The van der Waals surface area contributed by atoms with Gasteiger partial charge in [-0.2, -0.15) is 10.2 Å². The molecule has 0 saturated carbocycles. The Morgan fingerprint density at radius 2 is 1.24 bits per heavy atom. The zero-order valence-electron chi connectivity index (χ0n) is 20.3. The highest BCUT2D eigenvalue weighted by atomic mass is 35.5. The summed E-state index contributed by atoms with van der Waals surface area (Å²) in [7, 11) is 2.48. The smallest absolute Gasteiger partial charge is 0.327 e. The zero-order chi connectivity index (χ0) is 28.3. The fraction of sp³-hybridized carbons (Fsp3) is 0.333. The van der Waals surface area contributed by atoms with Gasteiger partial charge in [0.1, 0.15) is 18.2 Å². The van der Waals surface area contributed by atoms with Gasteiger partial charge in [-0.1, -0.05) is 46.4 Å². The molecule has 0 radical (unpaired) electrons. The lowest BCUT2D eigenvalue weighted by atomic mass is 10.3. The van der Waals surface area contributed by atoms with Gasteiger partial charge in [0.25, 0.3) is 11.1 Å². The molecule has 0 aliphatic carbocycles. The Balaban J connectivity index is 0.000000285. The number of nitrogens with zero attached hydrogens (tertiary/aromatic N) is 6. The molecule has 0 atom stereocenters. The number of hydrogen-bond donors (Lipinski definition) is 0. The predicted molar refractivity (Wildman–Crippen MR) is 137 cm³/mol. The second-order valence-electron chi connectivity index (χ2n) is 7.02. The highest BCUT2D eigenvalue weighted by Gasteiger charge is 2.09. The summed E-state index contributed by atoms with van der Waals surface area (Å²) in [4.78, 5) is 44.4. The number of rotatable bonds is 4. The highest BCUT2D eigenvalue weighted by molar-refractivity contribution is 6.31. The van der Waals surface area contributed by atoms with Gasteiger partial charge in [0.2, 0.25) is 0 Å². The molecule has 12 nitrogen and oxygen atoms in total. The number of esters is 2. The first-order valence-electron chi connectivity index (χ1n) is 10.1. The summed E-state index contributed by atoms with van der Waals surface area (Å²) in [6.45, 7) is 4.64. The third kappa shape index (κ3) is 10.8. The first-order chi connectivity index (χ1) is 17.3. The minimum atomic E-state index is -0.542. The van der Waals surface area contributed by atoms with Crippen molar-refractivity contribution >= 4 is 58.3 Å². The molecule has 0 unspecified atom stereocenters.